The second-order valence-corrected chi connectivity index (χ2v) is 7.40. The van der Waals surface area contributed by atoms with Gasteiger partial charge in [-0.2, -0.15) is 5.10 Å². The number of nitrogens with zero attached hydrogens (tertiary/aromatic N) is 2. The zero-order valence-corrected chi connectivity index (χ0v) is 11.9. The van der Waals surface area contributed by atoms with E-state index in [-0.39, 0.29) is 0 Å². The second-order valence-electron chi connectivity index (χ2n) is 7.40. The number of nitrogens with two attached hydrogens (primary N) is 1. The van der Waals surface area contributed by atoms with E-state index in [4.69, 9.17) is 5.73 Å². The molecule has 5 rings (SSSR count). The molecule has 1 heterocycles. The number of hydrogen-bond donors (Lipinski definition) is 1. The molecular weight excluding hydrogens is 234 g/mol. The van der Waals surface area contributed by atoms with Crippen molar-refractivity contribution in [2.24, 2.45) is 23.2 Å². The first-order valence-electron chi connectivity index (χ1n) is 7.99. The van der Waals surface area contributed by atoms with Crippen LogP contribution in [-0.4, -0.2) is 9.78 Å². The molecule has 3 nitrogen and oxygen atoms in total. The van der Waals surface area contributed by atoms with E-state index in [1.165, 1.54) is 38.5 Å². The molecule has 0 aliphatic heterocycles. The van der Waals surface area contributed by atoms with Gasteiger partial charge >= 0.3 is 0 Å². The lowest BCUT2D eigenvalue weighted by Crippen LogP contribution is -2.50. The van der Waals surface area contributed by atoms with Crippen molar-refractivity contribution in [2.45, 2.75) is 57.9 Å². The Bertz CT molecular complexity index is 441. The topological polar surface area (TPSA) is 43.8 Å². The van der Waals surface area contributed by atoms with Crippen molar-refractivity contribution in [2.75, 3.05) is 5.73 Å². The summed E-state index contributed by atoms with van der Waals surface area (Å²) in [4.78, 5) is 0. The zero-order valence-electron chi connectivity index (χ0n) is 11.9. The predicted octanol–water partition coefficient (Wildman–Crippen LogP) is 3.63. The molecule has 1 atom stereocenters. The quantitative estimate of drug-likeness (QED) is 0.900. The molecule has 0 aromatic carbocycles. The van der Waals surface area contributed by atoms with Crippen molar-refractivity contribution < 1.29 is 0 Å². The molecule has 104 valence electrons. The van der Waals surface area contributed by atoms with Crippen LogP contribution in [0.5, 0.6) is 0 Å². The third-order valence-corrected chi connectivity index (χ3v) is 6.18. The van der Waals surface area contributed by atoms with E-state index >= 15 is 0 Å². The molecule has 0 amide bonds. The van der Waals surface area contributed by atoms with Gasteiger partial charge in [0.2, 0.25) is 0 Å². The molecule has 4 bridgehead atoms. The molecule has 4 fully saturated rings. The summed E-state index contributed by atoms with van der Waals surface area (Å²) in [7, 11) is 0. The Labute approximate surface area is 115 Å². The average molecular weight is 259 g/mol. The van der Waals surface area contributed by atoms with Gasteiger partial charge in [0.05, 0.1) is 12.2 Å². The molecule has 19 heavy (non-hydrogen) atoms. The number of hydrogen-bond acceptors (Lipinski definition) is 2. The van der Waals surface area contributed by atoms with Gasteiger partial charge in [0.1, 0.15) is 5.82 Å². The van der Waals surface area contributed by atoms with Crippen molar-refractivity contribution in [1.29, 1.82) is 0 Å². The number of anilines is 1. The van der Waals surface area contributed by atoms with Crippen molar-refractivity contribution in [3.05, 3.63) is 12.3 Å². The summed E-state index contributed by atoms with van der Waals surface area (Å²) in [6.07, 6.45) is 11.8. The van der Waals surface area contributed by atoms with Crippen LogP contribution in [0, 0.1) is 23.2 Å². The fourth-order valence-electron chi connectivity index (χ4n) is 6.04. The van der Waals surface area contributed by atoms with Crippen LogP contribution in [0.4, 0.5) is 5.82 Å². The van der Waals surface area contributed by atoms with Gasteiger partial charge in [-0.15, -0.1) is 0 Å². The van der Waals surface area contributed by atoms with E-state index in [1.807, 2.05) is 12.3 Å². The monoisotopic (exact) mass is 259 g/mol. The minimum absolute atomic E-state index is 0.504. The second kappa shape index (κ2) is 4.00. The lowest BCUT2D eigenvalue weighted by Gasteiger charge is -2.59. The molecule has 4 aliphatic rings. The summed E-state index contributed by atoms with van der Waals surface area (Å²) in [5.74, 6) is 3.84. The van der Waals surface area contributed by atoms with Gasteiger partial charge in [-0.25, -0.2) is 4.68 Å². The summed E-state index contributed by atoms with van der Waals surface area (Å²) in [6.45, 7) is 2.31. The first kappa shape index (κ1) is 11.8. The Hall–Kier alpha value is -0.990. The number of rotatable bonds is 3. The van der Waals surface area contributed by atoms with E-state index in [0.717, 1.165) is 30.0 Å². The van der Waals surface area contributed by atoms with Gasteiger partial charge < -0.3 is 5.73 Å². The van der Waals surface area contributed by atoms with Crippen molar-refractivity contribution in [3.8, 4) is 0 Å². The molecule has 1 unspecified atom stereocenters. The highest BCUT2D eigenvalue weighted by molar-refractivity contribution is 5.27. The summed E-state index contributed by atoms with van der Waals surface area (Å²) in [6, 6.07) is 2.47. The average Bonchev–Trinajstić information content (AvgIpc) is 2.74. The minimum atomic E-state index is 0.504. The van der Waals surface area contributed by atoms with Gasteiger partial charge in [-0.1, -0.05) is 6.92 Å². The van der Waals surface area contributed by atoms with Crippen molar-refractivity contribution in [3.63, 3.8) is 0 Å². The summed E-state index contributed by atoms with van der Waals surface area (Å²) >= 11 is 0. The molecule has 0 saturated heterocycles. The molecule has 2 N–H and O–H groups in total. The van der Waals surface area contributed by atoms with Gasteiger partial charge in [0, 0.05) is 0 Å². The van der Waals surface area contributed by atoms with Crippen LogP contribution in [0.15, 0.2) is 12.3 Å². The van der Waals surface area contributed by atoms with E-state index < -0.39 is 0 Å². The maximum Gasteiger partial charge on any atom is 0.121 e. The molecule has 0 radical (unpaired) electrons. The molecular formula is C16H25N3. The van der Waals surface area contributed by atoms with Crippen LogP contribution in [0.25, 0.3) is 0 Å². The van der Waals surface area contributed by atoms with Crippen LogP contribution in [-0.2, 0) is 0 Å². The van der Waals surface area contributed by atoms with E-state index in [9.17, 15) is 0 Å². The summed E-state index contributed by atoms with van der Waals surface area (Å²) < 4.78 is 2.13. The summed E-state index contributed by atoms with van der Waals surface area (Å²) in [5, 5.41) is 4.54. The molecule has 1 aromatic heterocycles. The number of nitrogen functional groups attached to an aromatic ring is 1. The van der Waals surface area contributed by atoms with Gasteiger partial charge in [-0.3, -0.25) is 0 Å². The smallest absolute Gasteiger partial charge is 0.121 e. The maximum atomic E-state index is 6.14. The molecule has 3 heteroatoms. The predicted molar refractivity (Wildman–Crippen MR) is 76.6 cm³/mol. The van der Waals surface area contributed by atoms with Gasteiger partial charge in [0.15, 0.2) is 0 Å². The number of aromatic nitrogens is 2. The normalized spacial score (nSPS) is 41.6. The highest BCUT2D eigenvalue weighted by Gasteiger charge is 2.54. The van der Waals surface area contributed by atoms with E-state index in [1.54, 1.807) is 0 Å². The van der Waals surface area contributed by atoms with Crippen molar-refractivity contribution >= 4 is 5.82 Å². The van der Waals surface area contributed by atoms with Crippen LogP contribution in [0.3, 0.4) is 0 Å². The lowest BCUT2D eigenvalue weighted by atomic mass is 9.47. The van der Waals surface area contributed by atoms with Crippen molar-refractivity contribution in [1.82, 2.24) is 9.78 Å². The standard InChI is InChI=1S/C16H25N3/c1-2-14(19-15(17)3-4-18-19)16-8-11-5-12(9-16)7-13(6-11)10-16/h3-4,11-14H,2,5-10,17H2,1H3. The largest absolute Gasteiger partial charge is 0.384 e. The first-order valence-corrected chi connectivity index (χ1v) is 7.99. The van der Waals surface area contributed by atoms with Crippen LogP contribution < -0.4 is 5.73 Å². The fourth-order valence-corrected chi connectivity index (χ4v) is 6.04. The molecule has 4 aliphatic carbocycles. The van der Waals surface area contributed by atoms with Crippen LogP contribution in [0.1, 0.15) is 57.9 Å². The first-order chi connectivity index (χ1) is 9.20. The zero-order chi connectivity index (χ0) is 13.0. The SMILES string of the molecule is CCC(n1nccc1N)C12CC3CC(CC(C3)C1)C2. The fraction of sp³-hybridized carbons (Fsp3) is 0.812. The Morgan fingerprint density at radius 2 is 1.84 bits per heavy atom. The Morgan fingerprint density at radius 1 is 1.26 bits per heavy atom. The van der Waals surface area contributed by atoms with Crippen LogP contribution in [0.2, 0.25) is 0 Å². The van der Waals surface area contributed by atoms with Gasteiger partial charge in [0.25, 0.3) is 0 Å². The summed E-state index contributed by atoms with van der Waals surface area (Å²) in [5.41, 5.74) is 6.64. The maximum absolute atomic E-state index is 6.14. The third kappa shape index (κ3) is 1.66. The highest BCUT2D eigenvalue weighted by atomic mass is 15.3. The highest BCUT2D eigenvalue weighted by Crippen LogP contribution is 2.64. The molecule has 4 saturated carbocycles. The third-order valence-electron chi connectivity index (χ3n) is 6.18. The lowest BCUT2D eigenvalue weighted by molar-refractivity contribution is -0.0854. The van der Waals surface area contributed by atoms with Crippen LogP contribution >= 0.6 is 0 Å². The molecule has 0 spiro atoms. The minimum Gasteiger partial charge on any atom is -0.384 e. The Balaban J connectivity index is 1.72. The Morgan fingerprint density at radius 3 is 2.26 bits per heavy atom. The molecule has 1 aromatic rings. The van der Waals surface area contributed by atoms with Gasteiger partial charge in [-0.05, 0) is 74.2 Å². The van der Waals surface area contributed by atoms with E-state index in [0.29, 0.717) is 11.5 Å². The van der Waals surface area contributed by atoms with E-state index in [2.05, 4.69) is 16.7 Å². The Kier molecular flexibility index (Phi) is 2.49.